The summed E-state index contributed by atoms with van der Waals surface area (Å²) < 4.78 is 7.18. The van der Waals surface area contributed by atoms with Crippen molar-refractivity contribution in [3.63, 3.8) is 0 Å². The smallest absolute Gasteiger partial charge is 0.276 e. The summed E-state index contributed by atoms with van der Waals surface area (Å²) in [5.41, 5.74) is 1.30. The number of aryl methyl sites for hydroxylation is 1. The fourth-order valence-corrected chi connectivity index (χ4v) is 4.47. The largest absolute Gasteiger partial charge is 0.487 e. The van der Waals surface area contributed by atoms with Crippen molar-refractivity contribution in [3.05, 3.63) is 81.8 Å². The number of hydrogen-bond donors (Lipinski definition) is 3. The highest BCUT2D eigenvalue weighted by molar-refractivity contribution is 5.98. The molecule has 1 saturated carbocycles. The lowest BCUT2D eigenvalue weighted by Crippen LogP contribution is -2.41. The van der Waals surface area contributed by atoms with E-state index >= 15 is 0 Å². The molecule has 4 aromatic rings. The number of benzene rings is 2. The fourth-order valence-electron chi connectivity index (χ4n) is 4.47. The highest BCUT2D eigenvalue weighted by Gasteiger charge is 2.31. The first kappa shape index (κ1) is 22.8. The molecule has 0 spiro atoms. The number of nitrogens with zero attached hydrogens (tertiary/aromatic N) is 3. The van der Waals surface area contributed by atoms with Crippen LogP contribution in [-0.4, -0.2) is 42.7 Å². The maximum Gasteiger partial charge on any atom is 0.276 e. The summed E-state index contributed by atoms with van der Waals surface area (Å²) in [6.45, 7) is 2.08. The predicted octanol–water partition coefficient (Wildman–Crippen LogP) is 3.01. The molecule has 1 aliphatic carbocycles. The summed E-state index contributed by atoms with van der Waals surface area (Å²) in [6, 6.07) is 16.2. The molecule has 0 aliphatic heterocycles. The molecule has 5 rings (SSSR count). The highest BCUT2D eigenvalue weighted by atomic mass is 16.5. The summed E-state index contributed by atoms with van der Waals surface area (Å²) in [4.78, 5) is 33.1. The standard InChI is InChI=1S/C26H27N5O4/c1-17-8-7-11-20(22(17)24(33)27-16-26(34)12-5-6-13-26)35-15-19-14-21(32)31-25(28-19)29-23(30-31)18-9-3-2-4-10-18/h2-4,7-11,14,34H,5-6,12-13,15-16H2,1H3,(H,27,33)(H,28,29,30). The Kier molecular flexibility index (Phi) is 6.08. The van der Waals surface area contributed by atoms with E-state index in [1.165, 1.54) is 10.6 Å². The molecular weight excluding hydrogens is 446 g/mol. The number of H-pyrrole nitrogens is 1. The van der Waals surface area contributed by atoms with Crippen LogP contribution >= 0.6 is 0 Å². The SMILES string of the molecule is Cc1cccc(OCc2cc(=O)n3nc(-c4ccccc4)nc3[nH]2)c1C(=O)NCC1(O)CCCC1. The first-order valence-electron chi connectivity index (χ1n) is 11.7. The average molecular weight is 474 g/mol. The first-order chi connectivity index (χ1) is 16.9. The summed E-state index contributed by atoms with van der Waals surface area (Å²) >= 11 is 0. The summed E-state index contributed by atoms with van der Waals surface area (Å²) in [5, 5.41) is 17.7. The minimum absolute atomic E-state index is 0.0347. The summed E-state index contributed by atoms with van der Waals surface area (Å²) in [7, 11) is 0. The Hall–Kier alpha value is -3.98. The van der Waals surface area contributed by atoms with E-state index in [9.17, 15) is 14.7 Å². The molecule has 2 aromatic carbocycles. The molecule has 2 heterocycles. The van der Waals surface area contributed by atoms with Gasteiger partial charge >= 0.3 is 0 Å². The van der Waals surface area contributed by atoms with E-state index in [2.05, 4.69) is 20.4 Å². The molecule has 0 radical (unpaired) electrons. The number of hydrogen-bond acceptors (Lipinski definition) is 6. The van der Waals surface area contributed by atoms with Gasteiger partial charge in [0.1, 0.15) is 12.4 Å². The van der Waals surface area contributed by atoms with E-state index in [0.29, 0.717) is 41.5 Å². The van der Waals surface area contributed by atoms with E-state index in [4.69, 9.17) is 4.74 Å². The quantitative estimate of drug-likeness (QED) is 0.379. The molecule has 3 N–H and O–H groups in total. The Morgan fingerprint density at radius 1 is 1.17 bits per heavy atom. The predicted molar refractivity (Wildman–Crippen MR) is 130 cm³/mol. The highest BCUT2D eigenvalue weighted by Crippen LogP contribution is 2.29. The zero-order chi connectivity index (χ0) is 24.4. The molecule has 0 saturated heterocycles. The van der Waals surface area contributed by atoms with Crippen molar-refractivity contribution in [1.82, 2.24) is 24.9 Å². The number of aromatic nitrogens is 4. The molecule has 9 nitrogen and oxygen atoms in total. The minimum Gasteiger partial charge on any atom is -0.487 e. The normalized spacial score (nSPS) is 14.8. The number of aliphatic hydroxyl groups is 1. The second kappa shape index (κ2) is 9.34. The third kappa shape index (κ3) is 4.81. The first-order valence-corrected chi connectivity index (χ1v) is 11.7. The summed E-state index contributed by atoms with van der Waals surface area (Å²) in [6.07, 6.45) is 3.31. The topological polar surface area (TPSA) is 122 Å². The van der Waals surface area contributed by atoms with Crippen LogP contribution in [0.4, 0.5) is 0 Å². The van der Waals surface area contributed by atoms with Crippen LogP contribution in [0.15, 0.2) is 59.4 Å². The molecule has 1 aliphatic rings. The number of ether oxygens (including phenoxy) is 1. The van der Waals surface area contributed by atoms with Gasteiger partial charge in [0.2, 0.25) is 5.78 Å². The lowest BCUT2D eigenvalue weighted by Gasteiger charge is -2.23. The number of rotatable bonds is 7. The van der Waals surface area contributed by atoms with Crippen LogP contribution in [0, 0.1) is 6.92 Å². The lowest BCUT2D eigenvalue weighted by molar-refractivity contribution is 0.0448. The van der Waals surface area contributed by atoms with E-state index in [1.807, 2.05) is 49.4 Å². The van der Waals surface area contributed by atoms with Crippen LogP contribution in [0.2, 0.25) is 0 Å². The molecule has 0 atom stereocenters. The average Bonchev–Trinajstić information content (AvgIpc) is 3.49. The fraction of sp³-hybridized carbons (Fsp3) is 0.308. The van der Waals surface area contributed by atoms with Crippen LogP contribution in [0.1, 0.15) is 47.3 Å². The van der Waals surface area contributed by atoms with E-state index in [1.54, 1.807) is 6.07 Å². The Morgan fingerprint density at radius 2 is 1.94 bits per heavy atom. The van der Waals surface area contributed by atoms with Gasteiger partial charge < -0.3 is 20.1 Å². The second-order valence-corrected chi connectivity index (χ2v) is 9.02. The van der Waals surface area contributed by atoms with Crippen LogP contribution in [0.3, 0.4) is 0 Å². The molecule has 0 unspecified atom stereocenters. The number of aromatic amines is 1. The third-order valence-corrected chi connectivity index (χ3v) is 6.38. The van der Waals surface area contributed by atoms with Crippen molar-refractivity contribution in [2.24, 2.45) is 0 Å². The molecule has 35 heavy (non-hydrogen) atoms. The van der Waals surface area contributed by atoms with Crippen molar-refractivity contribution in [2.75, 3.05) is 6.54 Å². The molecule has 2 aromatic heterocycles. The van der Waals surface area contributed by atoms with Gasteiger partial charge in [0.15, 0.2) is 5.82 Å². The van der Waals surface area contributed by atoms with Gasteiger partial charge in [-0.25, -0.2) is 0 Å². The van der Waals surface area contributed by atoms with Gasteiger partial charge in [-0.05, 0) is 31.4 Å². The van der Waals surface area contributed by atoms with Gasteiger partial charge in [-0.15, -0.1) is 5.10 Å². The van der Waals surface area contributed by atoms with Crippen molar-refractivity contribution in [3.8, 4) is 17.1 Å². The summed E-state index contributed by atoms with van der Waals surface area (Å²) in [5.74, 6) is 0.848. The molecule has 1 fully saturated rings. The number of carbonyl (C=O) groups excluding carboxylic acids is 1. The lowest BCUT2D eigenvalue weighted by atomic mass is 10.0. The van der Waals surface area contributed by atoms with Gasteiger partial charge in [0.05, 0.1) is 16.9 Å². The number of fused-ring (bicyclic) bond motifs is 1. The van der Waals surface area contributed by atoms with E-state index in [0.717, 1.165) is 24.0 Å². The van der Waals surface area contributed by atoms with Crippen LogP contribution in [0.25, 0.3) is 17.2 Å². The molecule has 1 amide bonds. The monoisotopic (exact) mass is 473 g/mol. The molecule has 0 bridgehead atoms. The van der Waals surface area contributed by atoms with Crippen molar-refractivity contribution >= 4 is 11.7 Å². The second-order valence-electron chi connectivity index (χ2n) is 9.02. The Bertz CT molecular complexity index is 1420. The Labute approximate surface area is 201 Å². The van der Waals surface area contributed by atoms with Crippen molar-refractivity contribution in [1.29, 1.82) is 0 Å². The van der Waals surface area contributed by atoms with Gasteiger partial charge in [0, 0.05) is 18.2 Å². The minimum atomic E-state index is -0.842. The van der Waals surface area contributed by atoms with Crippen LogP contribution in [0.5, 0.6) is 5.75 Å². The van der Waals surface area contributed by atoms with Gasteiger partial charge in [0.25, 0.3) is 11.5 Å². The molecule has 9 heteroatoms. The van der Waals surface area contributed by atoms with E-state index < -0.39 is 5.60 Å². The van der Waals surface area contributed by atoms with Gasteiger partial charge in [-0.3, -0.25) is 9.59 Å². The zero-order valence-corrected chi connectivity index (χ0v) is 19.5. The van der Waals surface area contributed by atoms with Crippen LogP contribution in [-0.2, 0) is 6.61 Å². The zero-order valence-electron chi connectivity index (χ0n) is 19.5. The van der Waals surface area contributed by atoms with Gasteiger partial charge in [-0.1, -0.05) is 55.3 Å². The Balaban J connectivity index is 1.34. The maximum absolute atomic E-state index is 13.0. The number of carbonyl (C=O) groups is 1. The number of nitrogens with one attached hydrogen (secondary N) is 2. The Morgan fingerprint density at radius 3 is 2.71 bits per heavy atom. The molecular formula is C26H27N5O4. The van der Waals surface area contributed by atoms with Crippen molar-refractivity contribution in [2.45, 2.75) is 44.8 Å². The van der Waals surface area contributed by atoms with Gasteiger partial charge in [-0.2, -0.15) is 9.50 Å². The number of amides is 1. The third-order valence-electron chi connectivity index (χ3n) is 6.38. The van der Waals surface area contributed by atoms with Crippen molar-refractivity contribution < 1.29 is 14.6 Å². The van der Waals surface area contributed by atoms with E-state index in [-0.39, 0.29) is 24.6 Å². The maximum atomic E-state index is 13.0. The van der Waals surface area contributed by atoms with Crippen LogP contribution < -0.4 is 15.6 Å². The molecule has 180 valence electrons.